The molecule has 0 rings (SSSR count). The van der Waals surface area contributed by atoms with Crippen LogP contribution in [0.2, 0.25) is 0 Å². The minimum Gasteiger partial charge on any atom is -0.431 e. The summed E-state index contributed by atoms with van der Waals surface area (Å²) in [6.07, 6.45) is -5.34. The van der Waals surface area contributed by atoms with Crippen LogP contribution in [0.3, 0.4) is 0 Å². The number of halogens is 5. The zero-order valence-electron chi connectivity index (χ0n) is 7.28. The van der Waals surface area contributed by atoms with Crippen molar-refractivity contribution in [3.05, 3.63) is 0 Å². The second kappa shape index (κ2) is 3.34. The van der Waals surface area contributed by atoms with E-state index in [4.69, 9.17) is 5.73 Å². The van der Waals surface area contributed by atoms with Gasteiger partial charge in [-0.2, -0.15) is 13.2 Å². The third kappa shape index (κ3) is 3.09. The number of ether oxygens (including phenoxy) is 1. The first-order valence-corrected chi connectivity index (χ1v) is 3.35. The molecule has 0 aliphatic rings. The average molecular weight is 221 g/mol. The van der Waals surface area contributed by atoms with Gasteiger partial charge in [0.15, 0.2) is 0 Å². The van der Waals surface area contributed by atoms with Crippen LogP contribution in [0.4, 0.5) is 22.0 Å². The summed E-state index contributed by atoms with van der Waals surface area (Å²) in [5.41, 5.74) is 1.71. The van der Waals surface area contributed by atoms with Gasteiger partial charge in [-0.25, -0.2) is 13.6 Å². The predicted octanol–water partition coefficient (Wildman–Crippen LogP) is 1.42. The van der Waals surface area contributed by atoms with E-state index in [1.165, 1.54) is 0 Å². The van der Waals surface area contributed by atoms with E-state index < -0.39 is 23.8 Å². The highest BCUT2D eigenvalue weighted by Crippen LogP contribution is 2.29. The summed E-state index contributed by atoms with van der Waals surface area (Å²) in [5.74, 6) is -6.52. The lowest BCUT2D eigenvalue weighted by Gasteiger charge is -2.30. The fraction of sp³-hybridized carbons (Fsp3) is 0.833. The quantitative estimate of drug-likeness (QED) is 0.436. The van der Waals surface area contributed by atoms with Crippen molar-refractivity contribution in [1.29, 1.82) is 0 Å². The molecule has 0 fully saturated rings. The third-order valence-electron chi connectivity index (χ3n) is 1.41. The van der Waals surface area contributed by atoms with Crippen LogP contribution in [0.15, 0.2) is 0 Å². The first-order chi connectivity index (χ1) is 5.88. The Hall–Kier alpha value is -0.920. The number of carbonyl (C=O) groups is 1. The van der Waals surface area contributed by atoms with Gasteiger partial charge in [0.1, 0.15) is 0 Å². The van der Waals surface area contributed by atoms with Gasteiger partial charge in [0.2, 0.25) is 5.72 Å². The second-order valence-corrected chi connectivity index (χ2v) is 2.88. The second-order valence-electron chi connectivity index (χ2n) is 2.88. The lowest BCUT2D eigenvalue weighted by molar-refractivity contribution is -0.237. The SMILES string of the molecule is CC(F)(F)[C@](C)(N)OC(=O)C(F)(F)F. The Morgan fingerprint density at radius 2 is 1.50 bits per heavy atom. The molecule has 14 heavy (non-hydrogen) atoms. The maximum atomic E-state index is 12.5. The molecule has 8 heteroatoms. The number of hydrogen-bond donors (Lipinski definition) is 1. The van der Waals surface area contributed by atoms with E-state index in [0.29, 0.717) is 6.92 Å². The molecule has 0 saturated carbocycles. The summed E-state index contributed by atoms with van der Waals surface area (Å²) in [6, 6.07) is 0. The molecular formula is C6H8F5NO2. The fourth-order valence-electron chi connectivity index (χ4n) is 0.340. The number of hydrogen-bond acceptors (Lipinski definition) is 3. The van der Waals surface area contributed by atoms with Crippen molar-refractivity contribution in [2.24, 2.45) is 5.73 Å². The van der Waals surface area contributed by atoms with Crippen molar-refractivity contribution in [1.82, 2.24) is 0 Å². The fourth-order valence-corrected chi connectivity index (χ4v) is 0.340. The van der Waals surface area contributed by atoms with Gasteiger partial charge in [-0.1, -0.05) is 0 Å². The van der Waals surface area contributed by atoms with Crippen molar-refractivity contribution in [2.75, 3.05) is 0 Å². The highest BCUT2D eigenvalue weighted by molar-refractivity contribution is 5.76. The van der Waals surface area contributed by atoms with Gasteiger partial charge >= 0.3 is 12.1 Å². The minimum absolute atomic E-state index is 0.247. The van der Waals surface area contributed by atoms with Crippen molar-refractivity contribution < 1.29 is 31.5 Å². The summed E-state index contributed by atoms with van der Waals surface area (Å²) >= 11 is 0. The monoisotopic (exact) mass is 221 g/mol. The number of rotatable bonds is 2. The highest BCUT2D eigenvalue weighted by atomic mass is 19.4. The molecule has 0 aromatic carbocycles. The molecule has 0 heterocycles. The zero-order valence-corrected chi connectivity index (χ0v) is 7.28. The topological polar surface area (TPSA) is 52.3 Å². The molecule has 0 amide bonds. The molecule has 0 bridgehead atoms. The molecule has 0 aromatic rings. The van der Waals surface area contributed by atoms with Crippen molar-refractivity contribution in [3.63, 3.8) is 0 Å². The Balaban J connectivity index is 4.62. The van der Waals surface area contributed by atoms with E-state index in [-0.39, 0.29) is 6.92 Å². The summed E-state index contributed by atoms with van der Waals surface area (Å²) < 4.78 is 63.2. The number of nitrogens with two attached hydrogens (primary N) is 1. The summed E-state index contributed by atoms with van der Waals surface area (Å²) in [5, 5.41) is 0. The highest BCUT2D eigenvalue weighted by Gasteiger charge is 2.52. The maximum absolute atomic E-state index is 12.5. The largest absolute Gasteiger partial charge is 0.490 e. The van der Waals surface area contributed by atoms with E-state index >= 15 is 0 Å². The predicted molar refractivity (Wildman–Crippen MR) is 35.4 cm³/mol. The first-order valence-electron chi connectivity index (χ1n) is 3.35. The van der Waals surface area contributed by atoms with Gasteiger partial charge in [0.05, 0.1) is 0 Å². The standard InChI is InChI=1S/C6H8F5NO2/c1-4(7,8)5(2,12)14-3(13)6(9,10)11/h12H2,1-2H3/t5-/m1/s1. The van der Waals surface area contributed by atoms with Crippen LogP contribution in [-0.2, 0) is 9.53 Å². The van der Waals surface area contributed by atoms with Gasteiger partial charge in [0.25, 0.3) is 5.92 Å². The minimum atomic E-state index is -5.34. The van der Waals surface area contributed by atoms with E-state index in [1.807, 2.05) is 0 Å². The van der Waals surface area contributed by atoms with E-state index in [2.05, 4.69) is 4.74 Å². The number of esters is 1. The Kier molecular flexibility index (Phi) is 3.12. The molecule has 0 radical (unpaired) electrons. The molecule has 0 unspecified atom stereocenters. The molecule has 84 valence electrons. The van der Waals surface area contributed by atoms with Gasteiger partial charge in [0, 0.05) is 6.92 Å². The first kappa shape index (κ1) is 13.1. The molecule has 0 saturated heterocycles. The summed E-state index contributed by atoms with van der Waals surface area (Å²) in [7, 11) is 0. The lowest BCUT2D eigenvalue weighted by Crippen LogP contribution is -2.56. The summed E-state index contributed by atoms with van der Waals surface area (Å²) in [6.45, 7) is 0.729. The van der Waals surface area contributed by atoms with Crippen LogP contribution in [0, 0.1) is 0 Å². The molecule has 0 spiro atoms. The Morgan fingerprint density at radius 3 is 1.71 bits per heavy atom. The van der Waals surface area contributed by atoms with Gasteiger partial charge in [-0.15, -0.1) is 0 Å². The normalized spacial score (nSPS) is 17.4. The lowest BCUT2D eigenvalue weighted by atomic mass is 10.1. The van der Waals surface area contributed by atoms with Crippen molar-refractivity contribution in [3.8, 4) is 0 Å². The van der Waals surface area contributed by atoms with Gasteiger partial charge in [-0.3, -0.25) is 5.73 Å². The molecule has 3 nitrogen and oxygen atoms in total. The van der Waals surface area contributed by atoms with Crippen LogP contribution >= 0.6 is 0 Å². The maximum Gasteiger partial charge on any atom is 0.490 e. The van der Waals surface area contributed by atoms with Crippen molar-refractivity contribution >= 4 is 5.97 Å². The van der Waals surface area contributed by atoms with Crippen LogP contribution in [0.25, 0.3) is 0 Å². The van der Waals surface area contributed by atoms with E-state index in [0.717, 1.165) is 0 Å². The van der Waals surface area contributed by atoms with E-state index in [9.17, 15) is 26.7 Å². The van der Waals surface area contributed by atoms with Gasteiger partial charge < -0.3 is 4.74 Å². The van der Waals surface area contributed by atoms with Gasteiger partial charge in [-0.05, 0) is 6.92 Å². The Morgan fingerprint density at radius 1 is 1.14 bits per heavy atom. The third-order valence-corrected chi connectivity index (χ3v) is 1.41. The number of alkyl halides is 5. The van der Waals surface area contributed by atoms with E-state index in [1.54, 1.807) is 0 Å². The Labute approximate surface area is 76.0 Å². The molecular weight excluding hydrogens is 213 g/mol. The summed E-state index contributed by atoms with van der Waals surface area (Å²) in [4.78, 5) is 10.2. The molecule has 0 aliphatic heterocycles. The molecule has 0 aliphatic carbocycles. The molecule has 2 N–H and O–H groups in total. The van der Waals surface area contributed by atoms with Crippen LogP contribution < -0.4 is 5.73 Å². The van der Waals surface area contributed by atoms with Crippen molar-refractivity contribution in [2.45, 2.75) is 31.7 Å². The molecule has 1 atom stereocenters. The molecule has 0 aromatic heterocycles. The van der Waals surface area contributed by atoms with Crippen LogP contribution in [-0.4, -0.2) is 23.8 Å². The number of carbonyl (C=O) groups excluding carboxylic acids is 1. The smallest absolute Gasteiger partial charge is 0.431 e. The Bertz CT molecular complexity index is 229. The van der Waals surface area contributed by atoms with Crippen LogP contribution in [0.1, 0.15) is 13.8 Å². The zero-order chi connectivity index (χ0) is 11.8. The average Bonchev–Trinajstić information content (AvgIpc) is 1.80. The van der Waals surface area contributed by atoms with Crippen LogP contribution in [0.5, 0.6) is 0 Å².